The van der Waals surface area contributed by atoms with Gasteiger partial charge in [-0.3, -0.25) is 4.90 Å². The number of unbranched alkanes of at least 4 members (excludes halogenated alkanes) is 2. The molecule has 0 bridgehead atoms. The van der Waals surface area contributed by atoms with E-state index in [1.807, 2.05) is 66.4 Å². The molecule has 3 aromatic rings. The number of nitrogens with zero attached hydrogens (tertiary/aromatic N) is 2. The van der Waals surface area contributed by atoms with Crippen LogP contribution in [0.4, 0.5) is 18.0 Å². The van der Waals surface area contributed by atoms with Crippen molar-refractivity contribution in [3.05, 3.63) is 106 Å². The largest absolute Gasteiger partial charge is 0.492 e. The zero-order chi connectivity index (χ0) is 38.0. The van der Waals surface area contributed by atoms with E-state index in [9.17, 15) is 9.59 Å². The van der Waals surface area contributed by atoms with Gasteiger partial charge < -0.3 is 23.8 Å². The van der Waals surface area contributed by atoms with E-state index < -0.39 is 35.4 Å². The summed E-state index contributed by atoms with van der Waals surface area (Å²) in [5, 5.41) is 0. The van der Waals surface area contributed by atoms with Gasteiger partial charge in [-0.25, -0.2) is 22.8 Å². The molecule has 0 saturated heterocycles. The van der Waals surface area contributed by atoms with Gasteiger partial charge in [0.25, 0.3) is 0 Å². The Bertz CT molecular complexity index is 1700. The van der Waals surface area contributed by atoms with Crippen LogP contribution in [0.5, 0.6) is 5.75 Å². The van der Waals surface area contributed by atoms with Gasteiger partial charge in [-0.15, -0.1) is 0 Å². The summed E-state index contributed by atoms with van der Waals surface area (Å²) >= 11 is 0. The number of rotatable bonds is 18. The van der Waals surface area contributed by atoms with Gasteiger partial charge in [0.15, 0.2) is 0 Å². The van der Waals surface area contributed by atoms with Crippen molar-refractivity contribution < 1.29 is 41.7 Å². The number of carbonyl (C=O) groups excluding carboxylic acids is 2. The summed E-state index contributed by atoms with van der Waals surface area (Å²) in [5.41, 5.74) is 3.30. The van der Waals surface area contributed by atoms with Crippen molar-refractivity contribution in [1.82, 2.24) is 9.80 Å². The number of hydrogen-bond donors (Lipinski definition) is 0. The monoisotopic (exact) mass is 736 g/mol. The fourth-order valence-electron chi connectivity index (χ4n) is 7.17. The molecule has 53 heavy (non-hydrogen) atoms. The lowest BCUT2D eigenvalue weighted by molar-refractivity contribution is -0.148. The molecule has 0 spiro atoms. The molecule has 1 aliphatic carbocycles. The Balaban J connectivity index is 1.25. The summed E-state index contributed by atoms with van der Waals surface area (Å²) in [7, 11) is 0. The van der Waals surface area contributed by atoms with Crippen molar-refractivity contribution in [2.75, 3.05) is 46.1 Å². The summed E-state index contributed by atoms with van der Waals surface area (Å²) in [4.78, 5) is 28.0. The summed E-state index contributed by atoms with van der Waals surface area (Å²) in [6.45, 7) is 7.80. The Labute approximate surface area is 310 Å². The maximum absolute atomic E-state index is 16.2. The first-order valence-electron chi connectivity index (χ1n) is 18.5. The minimum Gasteiger partial charge on any atom is -0.492 e. The Morgan fingerprint density at radius 2 is 1.64 bits per heavy atom. The summed E-state index contributed by atoms with van der Waals surface area (Å²) in [6, 6.07) is 18.7. The molecule has 0 N–H and O–H groups in total. The number of amides is 1. The Hall–Kier alpha value is -4.35. The molecule has 2 aliphatic rings. The first-order valence-corrected chi connectivity index (χ1v) is 18.5. The molecule has 1 heterocycles. The molecule has 1 aliphatic heterocycles. The molecular formula is C42H51F3N2O6. The molecule has 3 aromatic carbocycles. The first-order chi connectivity index (χ1) is 25.4. The zero-order valence-corrected chi connectivity index (χ0v) is 31.2. The fraction of sp³-hybridized carbons (Fsp3) is 0.476. The summed E-state index contributed by atoms with van der Waals surface area (Å²) in [5.74, 6) is -1.96. The molecule has 0 fully saturated rings. The van der Waals surface area contributed by atoms with Crippen LogP contribution in [-0.4, -0.2) is 79.6 Å². The van der Waals surface area contributed by atoms with Gasteiger partial charge in [0.2, 0.25) is 0 Å². The highest BCUT2D eigenvalue weighted by molar-refractivity contribution is 5.79. The van der Waals surface area contributed by atoms with Gasteiger partial charge in [-0.2, -0.15) is 0 Å². The van der Waals surface area contributed by atoms with Gasteiger partial charge >= 0.3 is 12.1 Å². The van der Waals surface area contributed by atoms with Gasteiger partial charge in [0.05, 0.1) is 19.2 Å². The van der Waals surface area contributed by atoms with Crippen LogP contribution >= 0.6 is 0 Å². The van der Waals surface area contributed by atoms with E-state index >= 15 is 13.2 Å². The molecule has 0 radical (unpaired) electrons. The first kappa shape index (κ1) is 39.8. The lowest BCUT2D eigenvalue weighted by atomic mass is 9.84. The maximum Gasteiger partial charge on any atom is 0.410 e. The number of ether oxygens (including phenoxy) is 4. The van der Waals surface area contributed by atoms with Crippen LogP contribution < -0.4 is 4.74 Å². The van der Waals surface area contributed by atoms with E-state index in [4.69, 9.17) is 18.9 Å². The highest BCUT2D eigenvalue weighted by Crippen LogP contribution is 2.50. The van der Waals surface area contributed by atoms with Crippen molar-refractivity contribution in [2.45, 2.75) is 84.2 Å². The lowest BCUT2D eigenvalue weighted by Gasteiger charge is -2.44. The minimum absolute atomic E-state index is 0.00904. The van der Waals surface area contributed by atoms with Crippen molar-refractivity contribution in [3.8, 4) is 5.75 Å². The van der Waals surface area contributed by atoms with E-state index in [0.717, 1.165) is 34.3 Å². The number of halogens is 3. The minimum atomic E-state index is -1.59. The van der Waals surface area contributed by atoms with Gasteiger partial charge in [-0.1, -0.05) is 54.6 Å². The van der Waals surface area contributed by atoms with E-state index in [0.29, 0.717) is 45.4 Å². The summed E-state index contributed by atoms with van der Waals surface area (Å²) in [6.07, 6.45) is 2.71. The number of hydrogen-bond acceptors (Lipinski definition) is 7. The Morgan fingerprint density at radius 1 is 0.925 bits per heavy atom. The Morgan fingerprint density at radius 3 is 2.36 bits per heavy atom. The third-order valence-corrected chi connectivity index (χ3v) is 9.56. The van der Waals surface area contributed by atoms with Crippen LogP contribution in [0, 0.1) is 11.6 Å². The second kappa shape index (κ2) is 18.6. The van der Waals surface area contributed by atoms with Crippen LogP contribution in [0.3, 0.4) is 0 Å². The van der Waals surface area contributed by atoms with Crippen LogP contribution in [0.25, 0.3) is 5.57 Å². The zero-order valence-electron chi connectivity index (χ0n) is 31.2. The molecule has 5 rings (SSSR count). The van der Waals surface area contributed by atoms with Crippen LogP contribution in [0.15, 0.2) is 72.3 Å². The quantitative estimate of drug-likeness (QED) is 0.0957. The van der Waals surface area contributed by atoms with Crippen molar-refractivity contribution >= 4 is 17.6 Å². The molecule has 8 nitrogen and oxygen atoms in total. The normalized spacial score (nSPS) is 17.0. The third kappa shape index (κ3) is 10.9. The molecule has 0 aromatic heterocycles. The topological polar surface area (TPSA) is 77.5 Å². The van der Waals surface area contributed by atoms with Crippen molar-refractivity contribution in [1.29, 1.82) is 0 Å². The standard InChI is InChI=1S/C42H51F3N2O6/c1-5-51-38(48)27-50-20-13-7-12-18-46(41(49)53-26-30-14-8-6-9-15-30)19-21-52-32-24-36(43)39(37(44)25-32)40-35-23-31-16-10-11-17-33(31)34(35)22-29(2)47(40)28-42(3,4)45/h6,8-11,14-17,24-25,29,40H,5,7,12-13,18-23,26-28H2,1-4H3/t29-,40+/m1/s1. The fourth-order valence-corrected chi connectivity index (χ4v) is 7.17. The number of fused-ring (bicyclic) bond motifs is 2. The third-order valence-electron chi connectivity index (χ3n) is 9.56. The highest BCUT2D eigenvalue weighted by Gasteiger charge is 2.43. The molecular weight excluding hydrogens is 685 g/mol. The molecule has 0 saturated carbocycles. The predicted octanol–water partition coefficient (Wildman–Crippen LogP) is 8.63. The maximum atomic E-state index is 16.2. The summed E-state index contributed by atoms with van der Waals surface area (Å²) < 4.78 is 69.2. The molecule has 11 heteroatoms. The van der Waals surface area contributed by atoms with Crippen LogP contribution in [0.2, 0.25) is 0 Å². The number of benzene rings is 3. The van der Waals surface area contributed by atoms with E-state index in [2.05, 4.69) is 0 Å². The second-order valence-electron chi connectivity index (χ2n) is 14.3. The van der Waals surface area contributed by atoms with Gasteiger partial charge in [-0.05, 0) is 87.6 Å². The Kier molecular flexibility index (Phi) is 14.0. The van der Waals surface area contributed by atoms with Crippen LogP contribution in [0.1, 0.15) is 81.7 Å². The molecule has 286 valence electrons. The van der Waals surface area contributed by atoms with E-state index in [1.54, 1.807) is 6.92 Å². The number of esters is 1. The number of alkyl halides is 1. The second-order valence-corrected chi connectivity index (χ2v) is 14.3. The molecule has 2 atom stereocenters. The smallest absolute Gasteiger partial charge is 0.410 e. The van der Waals surface area contributed by atoms with E-state index in [1.165, 1.54) is 30.9 Å². The highest BCUT2D eigenvalue weighted by atomic mass is 19.1. The average molecular weight is 737 g/mol. The van der Waals surface area contributed by atoms with Gasteiger partial charge in [0, 0.05) is 43.4 Å². The SMILES string of the molecule is CCOC(=O)COCCCCCN(CCOc1cc(F)c([C@@H]2C3=C(C[C@@H](C)N2CC(C)(C)F)c2ccccc2C3)c(F)c1)C(=O)OCc1ccccc1. The molecule has 0 unspecified atom stereocenters. The van der Waals surface area contributed by atoms with Gasteiger partial charge in [0.1, 0.15) is 42.9 Å². The lowest BCUT2D eigenvalue weighted by Crippen LogP contribution is -2.47. The molecule has 1 amide bonds. The van der Waals surface area contributed by atoms with E-state index in [-0.39, 0.29) is 50.3 Å². The average Bonchev–Trinajstić information content (AvgIpc) is 3.48. The predicted molar refractivity (Wildman–Crippen MR) is 197 cm³/mol. The van der Waals surface area contributed by atoms with Crippen molar-refractivity contribution in [2.24, 2.45) is 0 Å². The number of carbonyl (C=O) groups is 2. The van der Waals surface area contributed by atoms with Crippen LogP contribution in [-0.2, 0) is 32.0 Å². The van der Waals surface area contributed by atoms with Crippen molar-refractivity contribution in [3.63, 3.8) is 0 Å².